The van der Waals surface area contributed by atoms with Crippen LogP contribution in [0.1, 0.15) is 13.3 Å². The second-order valence-electron chi connectivity index (χ2n) is 4.74. The van der Waals surface area contributed by atoms with Gasteiger partial charge in [0.25, 0.3) is 0 Å². The first-order chi connectivity index (χ1) is 8.54. The van der Waals surface area contributed by atoms with E-state index in [0.717, 1.165) is 18.8 Å². The molecule has 1 aromatic carbocycles. The van der Waals surface area contributed by atoms with E-state index in [4.69, 9.17) is 0 Å². The van der Waals surface area contributed by atoms with Gasteiger partial charge in [0.05, 0.1) is 16.7 Å². The maximum atomic E-state index is 11.9. The average molecular weight is 268 g/mol. The lowest BCUT2D eigenvalue weighted by molar-refractivity contribution is 0.428. The summed E-state index contributed by atoms with van der Waals surface area (Å²) in [7, 11) is -1.05. The first kappa shape index (κ1) is 13.4. The summed E-state index contributed by atoms with van der Waals surface area (Å²) in [4.78, 5) is 2.61. The van der Waals surface area contributed by atoms with Gasteiger partial charge < -0.3 is 10.2 Å². The third-order valence-electron chi connectivity index (χ3n) is 3.38. The molecule has 1 heterocycles. The summed E-state index contributed by atoms with van der Waals surface area (Å²) in [5, 5.41) is 3.23. The molecule has 0 saturated carbocycles. The Morgan fingerprint density at radius 3 is 2.33 bits per heavy atom. The quantitative estimate of drug-likeness (QED) is 0.874. The van der Waals surface area contributed by atoms with Crippen LogP contribution in [0.4, 0.5) is 5.69 Å². The van der Waals surface area contributed by atoms with E-state index in [1.165, 1.54) is 0 Å². The minimum atomic E-state index is -3.10. The fourth-order valence-electron chi connectivity index (χ4n) is 2.03. The molecule has 0 atom stereocenters. The summed E-state index contributed by atoms with van der Waals surface area (Å²) in [6, 6.07) is 7.72. The van der Waals surface area contributed by atoms with E-state index in [2.05, 4.69) is 10.2 Å². The molecule has 1 fully saturated rings. The van der Waals surface area contributed by atoms with Crippen molar-refractivity contribution in [3.05, 3.63) is 24.3 Å². The van der Waals surface area contributed by atoms with Crippen molar-refractivity contribution < 1.29 is 8.42 Å². The van der Waals surface area contributed by atoms with Crippen molar-refractivity contribution in [3.8, 4) is 0 Å². The van der Waals surface area contributed by atoms with Crippen molar-refractivity contribution in [2.24, 2.45) is 0 Å². The van der Waals surface area contributed by atoms with Gasteiger partial charge in [-0.3, -0.25) is 0 Å². The lowest BCUT2D eigenvalue weighted by Gasteiger charge is -2.37. The number of likely N-dealkylation sites (N-methyl/N-ethyl adjacent to an activating group) is 1. The third kappa shape index (κ3) is 2.67. The number of sulfone groups is 1. The molecule has 2 rings (SSSR count). The molecule has 100 valence electrons. The molecule has 1 saturated heterocycles. The molecule has 1 N–H and O–H groups in total. The molecule has 1 aliphatic heterocycles. The Morgan fingerprint density at radius 2 is 1.89 bits per heavy atom. The topological polar surface area (TPSA) is 49.4 Å². The average Bonchev–Trinajstić information content (AvgIpc) is 2.27. The summed E-state index contributed by atoms with van der Waals surface area (Å²) < 4.78 is 23.8. The molecule has 0 radical (unpaired) electrons. The highest BCUT2D eigenvalue weighted by atomic mass is 32.2. The SMILES string of the molecule is CCCS(=O)(=O)c1ccc(N(C)C2CNC2)cc1. The lowest BCUT2D eigenvalue weighted by Crippen LogP contribution is -2.56. The van der Waals surface area contributed by atoms with Crippen molar-refractivity contribution in [2.75, 3.05) is 30.8 Å². The van der Waals surface area contributed by atoms with Gasteiger partial charge in [0.1, 0.15) is 0 Å². The molecule has 18 heavy (non-hydrogen) atoms. The van der Waals surface area contributed by atoms with Gasteiger partial charge in [0.2, 0.25) is 0 Å². The predicted octanol–water partition coefficient (Wildman–Crippen LogP) is 1.28. The number of rotatable bonds is 5. The molecule has 1 aliphatic rings. The maximum Gasteiger partial charge on any atom is 0.178 e. The third-order valence-corrected chi connectivity index (χ3v) is 5.32. The van der Waals surface area contributed by atoms with E-state index in [1.807, 2.05) is 26.1 Å². The van der Waals surface area contributed by atoms with Crippen LogP contribution in [0.2, 0.25) is 0 Å². The number of hydrogen-bond donors (Lipinski definition) is 1. The Kier molecular flexibility index (Phi) is 3.92. The molecule has 1 aromatic rings. The van der Waals surface area contributed by atoms with Gasteiger partial charge in [-0.1, -0.05) is 6.92 Å². The molecule has 0 amide bonds. The van der Waals surface area contributed by atoms with Crippen LogP contribution in [0.3, 0.4) is 0 Å². The Labute approximate surface area is 109 Å². The fraction of sp³-hybridized carbons (Fsp3) is 0.538. The van der Waals surface area contributed by atoms with Gasteiger partial charge >= 0.3 is 0 Å². The zero-order chi connectivity index (χ0) is 13.2. The van der Waals surface area contributed by atoms with Crippen LogP contribution in [0.25, 0.3) is 0 Å². The number of nitrogens with zero attached hydrogens (tertiary/aromatic N) is 1. The van der Waals surface area contributed by atoms with Crippen LogP contribution < -0.4 is 10.2 Å². The first-order valence-electron chi connectivity index (χ1n) is 6.31. The molecule has 0 aromatic heterocycles. The Morgan fingerprint density at radius 1 is 1.28 bits per heavy atom. The van der Waals surface area contributed by atoms with E-state index in [-0.39, 0.29) is 5.75 Å². The largest absolute Gasteiger partial charge is 0.369 e. The van der Waals surface area contributed by atoms with E-state index < -0.39 is 9.84 Å². The van der Waals surface area contributed by atoms with Crippen molar-refractivity contribution in [1.82, 2.24) is 5.32 Å². The highest BCUT2D eigenvalue weighted by Gasteiger charge is 2.22. The van der Waals surface area contributed by atoms with E-state index in [0.29, 0.717) is 17.4 Å². The van der Waals surface area contributed by atoms with Gasteiger partial charge in [0.15, 0.2) is 9.84 Å². The van der Waals surface area contributed by atoms with Crippen LogP contribution in [0, 0.1) is 0 Å². The van der Waals surface area contributed by atoms with Crippen molar-refractivity contribution in [3.63, 3.8) is 0 Å². The summed E-state index contributed by atoms with van der Waals surface area (Å²) in [6.07, 6.45) is 0.651. The second kappa shape index (κ2) is 5.28. The van der Waals surface area contributed by atoms with Crippen LogP contribution >= 0.6 is 0 Å². The van der Waals surface area contributed by atoms with E-state index in [1.54, 1.807) is 12.1 Å². The standard InChI is InChI=1S/C13H20N2O2S/c1-3-8-18(16,17)13-6-4-11(5-7-13)15(2)12-9-14-10-12/h4-7,12,14H,3,8-10H2,1-2H3. The lowest BCUT2D eigenvalue weighted by atomic mass is 10.1. The number of nitrogens with one attached hydrogen (secondary N) is 1. The number of anilines is 1. The highest BCUT2D eigenvalue weighted by molar-refractivity contribution is 7.91. The van der Waals surface area contributed by atoms with E-state index in [9.17, 15) is 8.42 Å². The minimum absolute atomic E-state index is 0.217. The monoisotopic (exact) mass is 268 g/mol. The van der Waals surface area contributed by atoms with Gasteiger partial charge in [0, 0.05) is 25.8 Å². The van der Waals surface area contributed by atoms with Gasteiger partial charge in [-0.05, 0) is 30.7 Å². The Balaban J connectivity index is 2.14. The molecule has 0 spiro atoms. The smallest absolute Gasteiger partial charge is 0.178 e. The second-order valence-corrected chi connectivity index (χ2v) is 6.84. The Hall–Kier alpha value is -1.07. The van der Waals surface area contributed by atoms with Crippen molar-refractivity contribution in [2.45, 2.75) is 24.3 Å². The van der Waals surface area contributed by atoms with Gasteiger partial charge in [-0.25, -0.2) is 8.42 Å². The van der Waals surface area contributed by atoms with Gasteiger partial charge in [-0.15, -0.1) is 0 Å². The molecule has 0 unspecified atom stereocenters. The van der Waals surface area contributed by atoms with Crippen LogP contribution in [-0.4, -0.2) is 40.3 Å². The zero-order valence-corrected chi connectivity index (χ0v) is 11.7. The fourth-order valence-corrected chi connectivity index (χ4v) is 3.36. The van der Waals surface area contributed by atoms with Gasteiger partial charge in [-0.2, -0.15) is 0 Å². The van der Waals surface area contributed by atoms with E-state index >= 15 is 0 Å². The summed E-state index contributed by atoms with van der Waals surface area (Å²) >= 11 is 0. The molecule has 4 nitrogen and oxygen atoms in total. The summed E-state index contributed by atoms with van der Waals surface area (Å²) in [5.41, 5.74) is 1.07. The van der Waals surface area contributed by atoms with Crippen molar-refractivity contribution in [1.29, 1.82) is 0 Å². The zero-order valence-electron chi connectivity index (χ0n) is 10.9. The van der Waals surface area contributed by atoms with Crippen LogP contribution in [0.5, 0.6) is 0 Å². The maximum absolute atomic E-state index is 11.9. The minimum Gasteiger partial charge on any atom is -0.369 e. The van der Waals surface area contributed by atoms with Crippen LogP contribution in [-0.2, 0) is 9.84 Å². The first-order valence-corrected chi connectivity index (χ1v) is 7.96. The molecule has 5 heteroatoms. The molecule has 0 aliphatic carbocycles. The predicted molar refractivity (Wildman–Crippen MR) is 73.8 cm³/mol. The number of benzene rings is 1. The van der Waals surface area contributed by atoms with Crippen molar-refractivity contribution >= 4 is 15.5 Å². The molecular formula is C13H20N2O2S. The normalized spacial score (nSPS) is 16.3. The summed E-state index contributed by atoms with van der Waals surface area (Å²) in [5.74, 6) is 0.217. The number of hydrogen-bond acceptors (Lipinski definition) is 4. The summed E-state index contributed by atoms with van der Waals surface area (Å²) in [6.45, 7) is 3.86. The molecular weight excluding hydrogens is 248 g/mol. The molecule has 0 bridgehead atoms. The van der Waals surface area contributed by atoms with Crippen LogP contribution in [0.15, 0.2) is 29.2 Å². The highest BCUT2D eigenvalue weighted by Crippen LogP contribution is 2.20. The Bertz CT molecular complexity index is 492.